The number of nitrogens with one attached hydrogen (secondary N) is 2. The number of carbonyl (C=O) groups excluding carboxylic acids is 2. The maximum atomic E-state index is 11.6. The second-order valence-corrected chi connectivity index (χ2v) is 4.41. The standard InChI is InChI=1S/C15H13N3O5/c19-14(17-15(20)16-11-4-2-1-3-5-11)10-23-13-8-6-12(7-9-13)18(21)22/h1-9H,10H2,(H2,16,17,19,20). The van der Waals surface area contributed by atoms with Gasteiger partial charge in [-0.2, -0.15) is 0 Å². The summed E-state index contributed by atoms with van der Waals surface area (Å²) in [6.45, 7) is -0.389. The van der Waals surface area contributed by atoms with Crippen molar-refractivity contribution in [2.75, 3.05) is 11.9 Å². The van der Waals surface area contributed by atoms with E-state index < -0.39 is 16.9 Å². The Balaban J connectivity index is 1.78. The lowest BCUT2D eigenvalue weighted by molar-refractivity contribution is -0.384. The van der Waals surface area contributed by atoms with Crippen LogP contribution in [0.1, 0.15) is 0 Å². The number of anilines is 1. The predicted molar refractivity (Wildman–Crippen MR) is 82.2 cm³/mol. The molecule has 2 aromatic carbocycles. The Kier molecular flexibility index (Phi) is 5.24. The van der Waals surface area contributed by atoms with Gasteiger partial charge in [0.2, 0.25) is 0 Å². The Morgan fingerprint density at radius 3 is 2.30 bits per heavy atom. The summed E-state index contributed by atoms with van der Waals surface area (Å²) in [5, 5.41) is 15.1. The van der Waals surface area contributed by atoms with Crippen molar-refractivity contribution >= 4 is 23.3 Å². The Hall–Kier alpha value is -3.42. The van der Waals surface area contributed by atoms with Crippen LogP contribution in [0.2, 0.25) is 0 Å². The Labute approximate surface area is 131 Å². The van der Waals surface area contributed by atoms with Gasteiger partial charge in [0.05, 0.1) is 4.92 Å². The van der Waals surface area contributed by atoms with E-state index in [0.29, 0.717) is 5.69 Å². The van der Waals surface area contributed by atoms with E-state index in [-0.39, 0.29) is 18.0 Å². The molecule has 2 rings (SSSR count). The molecule has 0 fully saturated rings. The number of ether oxygens (including phenoxy) is 1. The van der Waals surface area contributed by atoms with Crippen molar-refractivity contribution in [1.29, 1.82) is 0 Å². The smallest absolute Gasteiger partial charge is 0.325 e. The van der Waals surface area contributed by atoms with Gasteiger partial charge < -0.3 is 10.1 Å². The number of hydrogen-bond donors (Lipinski definition) is 2. The van der Waals surface area contributed by atoms with Crippen LogP contribution in [0.5, 0.6) is 5.75 Å². The Morgan fingerprint density at radius 1 is 1.04 bits per heavy atom. The fraction of sp³-hybridized carbons (Fsp3) is 0.0667. The van der Waals surface area contributed by atoms with E-state index in [1.807, 2.05) is 0 Å². The summed E-state index contributed by atoms with van der Waals surface area (Å²) in [5.74, 6) is -0.356. The molecule has 0 aliphatic carbocycles. The molecule has 2 aromatic rings. The number of nitrogens with zero attached hydrogens (tertiary/aromatic N) is 1. The number of amides is 3. The van der Waals surface area contributed by atoms with Crippen LogP contribution in [0.3, 0.4) is 0 Å². The van der Waals surface area contributed by atoms with E-state index in [1.54, 1.807) is 30.3 Å². The molecule has 0 saturated heterocycles. The summed E-state index contributed by atoms with van der Waals surface area (Å²) < 4.78 is 5.14. The van der Waals surface area contributed by atoms with Gasteiger partial charge in [0.15, 0.2) is 6.61 Å². The molecule has 0 aliphatic rings. The minimum atomic E-state index is -0.673. The number of para-hydroxylation sites is 1. The van der Waals surface area contributed by atoms with Crippen molar-refractivity contribution < 1.29 is 19.2 Å². The van der Waals surface area contributed by atoms with Crippen LogP contribution < -0.4 is 15.4 Å². The van der Waals surface area contributed by atoms with Crippen LogP contribution in [0, 0.1) is 10.1 Å². The first-order valence-electron chi connectivity index (χ1n) is 6.58. The molecule has 0 saturated carbocycles. The van der Waals surface area contributed by atoms with Gasteiger partial charge in [-0.1, -0.05) is 18.2 Å². The number of non-ortho nitro benzene ring substituents is 1. The molecule has 0 radical (unpaired) electrons. The van der Waals surface area contributed by atoms with Gasteiger partial charge in [-0.3, -0.25) is 20.2 Å². The molecule has 23 heavy (non-hydrogen) atoms. The van der Waals surface area contributed by atoms with E-state index >= 15 is 0 Å². The van der Waals surface area contributed by atoms with Gasteiger partial charge in [0.25, 0.3) is 11.6 Å². The zero-order valence-electron chi connectivity index (χ0n) is 11.9. The molecular formula is C15H13N3O5. The van der Waals surface area contributed by atoms with Crippen molar-refractivity contribution in [2.24, 2.45) is 0 Å². The third-order valence-electron chi connectivity index (χ3n) is 2.70. The molecule has 3 amide bonds. The van der Waals surface area contributed by atoms with Crippen LogP contribution in [-0.2, 0) is 4.79 Å². The highest BCUT2D eigenvalue weighted by molar-refractivity contribution is 6.01. The second kappa shape index (κ2) is 7.55. The second-order valence-electron chi connectivity index (χ2n) is 4.41. The van der Waals surface area contributed by atoms with Crippen LogP contribution in [0.15, 0.2) is 54.6 Å². The average Bonchev–Trinajstić information content (AvgIpc) is 2.54. The van der Waals surface area contributed by atoms with Gasteiger partial charge >= 0.3 is 6.03 Å². The number of benzene rings is 2. The van der Waals surface area contributed by atoms with Crippen LogP contribution in [0.25, 0.3) is 0 Å². The minimum absolute atomic E-state index is 0.0796. The third kappa shape index (κ3) is 5.12. The van der Waals surface area contributed by atoms with Gasteiger partial charge in [-0.15, -0.1) is 0 Å². The number of carbonyl (C=O) groups is 2. The lowest BCUT2D eigenvalue weighted by Gasteiger charge is -2.08. The number of nitro groups is 1. The van der Waals surface area contributed by atoms with Gasteiger partial charge in [0, 0.05) is 17.8 Å². The monoisotopic (exact) mass is 315 g/mol. The summed E-state index contributed by atoms with van der Waals surface area (Å²) in [7, 11) is 0. The highest BCUT2D eigenvalue weighted by atomic mass is 16.6. The lowest BCUT2D eigenvalue weighted by atomic mass is 10.3. The minimum Gasteiger partial charge on any atom is -0.484 e. The zero-order valence-corrected chi connectivity index (χ0v) is 11.9. The molecular weight excluding hydrogens is 302 g/mol. The van der Waals surface area contributed by atoms with Crippen molar-refractivity contribution in [2.45, 2.75) is 0 Å². The van der Waals surface area contributed by atoms with Crippen LogP contribution in [0.4, 0.5) is 16.2 Å². The lowest BCUT2D eigenvalue weighted by Crippen LogP contribution is -2.37. The highest BCUT2D eigenvalue weighted by Gasteiger charge is 2.09. The van der Waals surface area contributed by atoms with E-state index in [4.69, 9.17) is 4.74 Å². The molecule has 0 unspecified atom stereocenters. The van der Waals surface area contributed by atoms with Crippen molar-refractivity contribution in [1.82, 2.24) is 5.32 Å². The van der Waals surface area contributed by atoms with E-state index in [1.165, 1.54) is 24.3 Å². The molecule has 0 bridgehead atoms. The molecule has 2 N–H and O–H groups in total. The summed E-state index contributed by atoms with van der Waals surface area (Å²) in [6.07, 6.45) is 0. The first kappa shape index (κ1) is 16.0. The number of rotatable bonds is 5. The van der Waals surface area contributed by atoms with Crippen molar-refractivity contribution in [3.05, 3.63) is 64.7 Å². The fourth-order valence-corrected chi connectivity index (χ4v) is 1.66. The van der Waals surface area contributed by atoms with Crippen molar-refractivity contribution in [3.8, 4) is 5.75 Å². The molecule has 118 valence electrons. The first-order chi connectivity index (χ1) is 11.0. The van der Waals surface area contributed by atoms with E-state index in [2.05, 4.69) is 10.6 Å². The number of nitro benzene ring substituents is 1. The van der Waals surface area contributed by atoms with Crippen LogP contribution in [-0.4, -0.2) is 23.5 Å². The highest BCUT2D eigenvalue weighted by Crippen LogP contribution is 2.17. The quantitative estimate of drug-likeness (QED) is 0.650. The number of hydrogen-bond acceptors (Lipinski definition) is 5. The Morgan fingerprint density at radius 2 is 1.70 bits per heavy atom. The van der Waals surface area contributed by atoms with Crippen LogP contribution >= 0.6 is 0 Å². The van der Waals surface area contributed by atoms with Crippen molar-refractivity contribution in [3.63, 3.8) is 0 Å². The largest absolute Gasteiger partial charge is 0.484 e. The zero-order chi connectivity index (χ0) is 16.7. The summed E-state index contributed by atoms with van der Waals surface area (Å²) in [5.41, 5.74) is 0.470. The van der Waals surface area contributed by atoms with Gasteiger partial charge in [-0.25, -0.2) is 4.79 Å². The number of imide groups is 1. The van der Waals surface area contributed by atoms with Gasteiger partial charge in [-0.05, 0) is 24.3 Å². The Bertz CT molecular complexity index is 701. The molecule has 0 heterocycles. The maximum absolute atomic E-state index is 11.6. The molecule has 0 spiro atoms. The first-order valence-corrected chi connectivity index (χ1v) is 6.58. The molecule has 0 aromatic heterocycles. The molecule has 8 nitrogen and oxygen atoms in total. The topological polar surface area (TPSA) is 111 Å². The summed E-state index contributed by atoms with van der Waals surface area (Å²) >= 11 is 0. The molecule has 0 atom stereocenters. The normalized spacial score (nSPS) is 9.74. The third-order valence-corrected chi connectivity index (χ3v) is 2.70. The SMILES string of the molecule is O=C(COc1ccc([N+](=O)[O-])cc1)NC(=O)Nc1ccccc1. The average molecular weight is 315 g/mol. The van der Waals surface area contributed by atoms with E-state index in [9.17, 15) is 19.7 Å². The molecule has 8 heteroatoms. The predicted octanol–water partition coefficient (Wildman–Crippen LogP) is 2.32. The summed E-state index contributed by atoms with van der Waals surface area (Å²) in [4.78, 5) is 33.1. The summed E-state index contributed by atoms with van der Waals surface area (Å²) in [6, 6.07) is 13.2. The van der Waals surface area contributed by atoms with E-state index in [0.717, 1.165) is 0 Å². The fourth-order valence-electron chi connectivity index (χ4n) is 1.66. The molecule has 0 aliphatic heterocycles. The maximum Gasteiger partial charge on any atom is 0.325 e. The number of urea groups is 1. The van der Waals surface area contributed by atoms with Gasteiger partial charge in [0.1, 0.15) is 5.75 Å².